The molecule has 0 amide bonds. The molecule has 1 N–H and O–H groups in total. The second kappa shape index (κ2) is 3.96. The number of hydrogen-bond donors (Lipinski definition) is 1. The van der Waals surface area contributed by atoms with Crippen LogP contribution in [0.4, 0.5) is 0 Å². The number of hydrogen-bond acceptors (Lipinski definition) is 2. The molecule has 0 spiro atoms. The molecule has 0 saturated carbocycles. The molecule has 0 radical (unpaired) electrons. The molecule has 0 aliphatic carbocycles. The number of piperidine rings is 1. The molecular formula is C11H17N3. The van der Waals surface area contributed by atoms with E-state index < -0.39 is 0 Å². The Labute approximate surface area is 84.8 Å². The van der Waals surface area contributed by atoms with Crippen LogP contribution in [0, 0.1) is 0 Å². The molecule has 2 rings (SSSR count). The number of nitrogens with zero attached hydrogens (tertiary/aromatic N) is 2. The van der Waals surface area contributed by atoms with E-state index in [4.69, 9.17) is 0 Å². The van der Waals surface area contributed by atoms with E-state index in [-0.39, 0.29) is 0 Å². The summed E-state index contributed by atoms with van der Waals surface area (Å²) in [5.74, 6) is 0. The van der Waals surface area contributed by atoms with Crippen LogP contribution in [0.15, 0.2) is 18.0 Å². The predicted octanol–water partition coefficient (Wildman–Crippen LogP) is 1.58. The second-order valence-corrected chi connectivity index (χ2v) is 4.07. The quantitative estimate of drug-likeness (QED) is 0.730. The van der Waals surface area contributed by atoms with Gasteiger partial charge in [-0.05, 0) is 19.8 Å². The zero-order chi connectivity index (χ0) is 9.97. The van der Waals surface area contributed by atoms with Gasteiger partial charge in [0.25, 0.3) is 0 Å². The first-order chi connectivity index (χ1) is 6.74. The van der Waals surface area contributed by atoms with Gasteiger partial charge in [0, 0.05) is 31.4 Å². The van der Waals surface area contributed by atoms with Gasteiger partial charge in [-0.2, -0.15) is 5.10 Å². The van der Waals surface area contributed by atoms with Crippen molar-refractivity contribution in [2.24, 2.45) is 7.05 Å². The van der Waals surface area contributed by atoms with E-state index >= 15 is 0 Å². The summed E-state index contributed by atoms with van der Waals surface area (Å²) in [5, 5.41) is 7.61. The minimum absolute atomic E-state index is 0.668. The molecule has 1 aromatic heterocycles. The summed E-state index contributed by atoms with van der Waals surface area (Å²) in [6.07, 6.45) is 8.65. The van der Waals surface area contributed by atoms with Gasteiger partial charge in [0.2, 0.25) is 0 Å². The highest BCUT2D eigenvalue weighted by molar-refractivity contribution is 5.51. The van der Waals surface area contributed by atoms with E-state index in [1.165, 1.54) is 24.0 Å². The Bertz CT molecular complexity index is 328. The average molecular weight is 191 g/mol. The predicted molar refractivity (Wildman–Crippen MR) is 57.9 cm³/mol. The maximum absolute atomic E-state index is 4.15. The molecule has 1 atom stereocenters. The monoisotopic (exact) mass is 191 g/mol. The van der Waals surface area contributed by atoms with Gasteiger partial charge in [0.15, 0.2) is 0 Å². The lowest BCUT2D eigenvalue weighted by Crippen LogP contribution is -2.32. The van der Waals surface area contributed by atoms with Crippen molar-refractivity contribution in [3.8, 4) is 0 Å². The Morgan fingerprint density at radius 2 is 2.50 bits per heavy atom. The van der Waals surface area contributed by atoms with Crippen LogP contribution < -0.4 is 5.32 Å². The summed E-state index contributed by atoms with van der Waals surface area (Å²) < 4.78 is 1.84. The minimum atomic E-state index is 0.668. The van der Waals surface area contributed by atoms with E-state index in [2.05, 4.69) is 23.4 Å². The molecule has 76 valence electrons. The van der Waals surface area contributed by atoms with Crippen molar-refractivity contribution in [3.63, 3.8) is 0 Å². The highest BCUT2D eigenvalue weighted by atomic mass is 15.2. The smallest absolute Gasteiger partial charge is 0.0562 e. The molecule has 1 unspecified atom stereocenters. The van der Waals surface area contributed by atoms with Crippen LogP contribution >= 0.6 is 0 Å². The lowest BCUT2D eigenvalue weighted by Gasteiger charge is -2.21. The van der Waals surface area contributed by atoms with E-state index in [1.54, 1.807) is 0 Å². The molecule has 1 aliphatic heterocycles. The summed E-state index contributed by atoms with van der Waals surface area (Å²) in [5.41, 5.74) is 2.69. The van der Waals surface area contributed by atoms with Crippen molar-refractivity contribution >= 4 is 6.08 Å². The molecule has 1 fully saturated rings. The van der Waals surface area contributed by atoms with E-state index in [1.807, 2.05) is 24.1 Å². The minimum Gasteiger partial charge on any atom is -0.311 e. The third-order valence-electron chi connectivity index (χ3n) is 2.67. The zero-order valence-corrected chi connectivity index (χ0v) is 8.83. The summed E-state index contributed by atoms with van der Waals surface area (Å²) in [4.78, 5) is 0. The Morgan fingerprint density at radius 1 is 1.64 bits per heavy atom. The summed E-state index contributed by atoms with van der Waals surface area (Å²) >= 11 is 0. The van der Waals surface area contributed by atoms with Gasteiger partial charge in [-0.25, -0.2) is 0 Å². The highest BCUT2D eigenvalue weighted by Gasteiger charge is 2.10. The zero-order valence-electron chi connectivity index (χ0n) is 8.83. The van der Waals surface area contributed by atoms with Crippen molar-refractivity contribution in [1.82, 2.24) is 15.1 Å². The first-order valence-corrected chi connectivity index (χ1v) is 5.15. The molecule has 0 bridgehead atoms. The highest BCUT2D eigenvalue weighted by Crippen LogP contribution is 2.16. The van der Waals surface area contributed by atoms with E-state index in [0.717, 1.165) is 6.54 Å². The largest absolute Gasteiger partial charge is 0.311 e. The van der Waals surface area contributed by atoms with E-state index in [9.17, 15) is 0 Å². The SMILES string of the molecule is CC1CC/C(=C\c2cnn(C)c2)CN1. The number of aryl methyl sites for hydroxylation is 1. The van der Waals surface area contributed by atoms with Crippen molar-refractivity contribution in [1.29, 1.82) is 0 Å². The van der Waals surface area contributed by atoms with Crippen molar-refractivity contribution in [2.45, 2.75) is 25.8 Å². The molecule has 1 aromatic rings. The molecule has 3 heteroatoms. The standard InChI is InChI=1S/C11H17N3/c1-9-3-4-10(6-12-9)5-11-7-13-14(2)8-11/h5,7-9,12H,3-4,6H2,1-2H3/b10-5+. The average Bonchev–Trinajstić information content (AvgIpc) is 2.56. The van der Waals surface area contributed by atoms with Crippen LogP contribution in [0.25, 0.3) is 6.08 Å². The van der Waals surface area contributed by atoms with Crippen LogP contribution in [0.1, 0.15) is 25.3 Å². The fraction of sp³-hybridized carbons (Fsp3) is 0.545. The molecule has 1 aliphatic rings. The van der Waals surface area contributed by atoms with Gasteiger partial charge in [0.1, 0.15) is 0 Å². The fourth-order valence-electron chi connectivity index (χ4n) is 1.77. The van der Waals surface area contributed by atoms with Crippen LogP contribution in [0.2, 0.25) is 0 Å². The maximum atomic E-state index is 4.15. The Hall–Kier alpha value is -1.09. The van der Waals surface area contributed by atoms with Crippen molar-refractivity contribution < 1.29 is 0 Å². The van der Waals surface area contributed by atoms with Crippen molar-refractivity contribution in [2.75, 3.05) is 6.54 Å². The molecule has 3 nitrogen and oxygen atoms in total. The Morgan fingerprint density at radius 3 is 3.07 bits per heavy atom. The molecule has 14 heavy (non-hydrogen) atoms. The normalized spacial score (nSPS) is 25.6. The van der Waals surface area contributed by atoms with Crippen LogP contribution in [0.3, 0.4) is 0 Å². The molecule has 0 aromatic carbocycles. The molecule has 2 heterocycles. The maximum Gasteiger partial charge on any atom is 0.0562 e. The summed E-state index contributed by atoms with van der Waals surface area (Å²) in [7, 11) is 1.95. The van der Waals surface area contributed by atoms with E-state index in [0.29, 0.717) is 6.04 Å². The van der Waals surface area contributed by atoms with Gasteiger partial charge in [0.05, 0.1) is 6.20 Å². The van der Waals surface area contributed by atoms with Gasteiger partial charge in [-0.1, -0.05) is 11.6 Å². The van der Waals surface area contributed by atoms with Gasteiger partial charge in [-0.3, -0.25) is 4.68 Å². The van der Waals surface area contributed by atoms with Gasteiger partial charge in [-0.15, -0.1) is 0 Å². The van der Waals surface area contributed by atoms with Crippen LogP contribution in [-0.4, -0.2) is 22.4 Å². The topological polar surface area (TPSA) is 29.9 Å². The van der Waals surface area contributed by atoms with Crippen LogP contribution in [0.5, 0.6) is 0 Å². The Kier molecular flexibility index (Phi) is 2.68. The number of aromatic nitrogens is 2. The van der Waals surface area contributed by atoms with Gasteiger partial charge < -0.3 is 5.32 Å². The molecule has 1 saturated heterocycles. The van der Waals surface area contributed by atoms with Gasteiger partial charge >= 0.3 is 0 Å². The summed E-state index contributed by atoms with van der Waals surface area (Å²) in [6, 6.07) is 0.668. The molecular weight excluding hydrogens is 174 g/mol. The number of nitrogens with one attached hydrogen (secondary N) is 1. The first-order valence-electron chi connectivity index (χ1n) is 5.15. The second-order valence-electron chi connectivity index (χ2n) is 4.07. The first kappa shape index (κ1) is 9.46. The summed E-state index contributed by atoms with van der Waals surface area (Å²) in [6.45, 7) is 3.26. The lowest BCUT2D eigenvalue weighted by molar-refractivity contribution is 0.488. The van der Waals surface area contributed by atoms with Crippen molar-refractivity contribution in [3.05, 3.63) is 23.5 Å². The lowest BCUT2D eigenvalue weighted by atomic mass is 10.00. The van der Waals surface area contributed by atoms with Crippen LogP contribution in [-0.2, 0) is 7.05 Å². The third kappa shape index (κ3) is 2.23. The number of rotatable bonds is 1. The fourth-order valence-corrected chi connectivity index (χ4v) is 1.77. The third-order valence-corrected chi connectivity index (χ3v) is 2.67. The Balaban J connectivity index is 2.04.